The van der Waals surface area contributed by atoms with Crippen molar-refractivity contribution >= 4 is 33.7 Å². The molecule has 0 aromatic heterocycles. The lowest BCUT2D eigenvalue weighted by Gasteiger charge is -2.12. The molecule has 0 aliphatic rings. The number of carboxylic acid groups (broad SMARTS) is 1. The second kappa shape index (κ2) is 5.19. The van der Waals surface area contributed by atoms with Crippen molar-refractivity contribution in [3.8, 4) is 5.75 Å². The molecule has 5 nitrogen and oxygen atoms in total. The van der Waals surface area contributed by atoms with Crippen LogP contribution in [0.3, 0.4) is 0 Å². The number of alkyl halides is 3. The number of nitrogens with zero attached hydrogens (tertiary/aromatic N) is 1. The van der Waals surface area contributed by atoms with Crippen LogP contribution in [0.15, 0.2) is 21.6 Å². The number of halogens is 4. The van der Waals surface area contributed by atoms with Crippen LogP contribution in [0.5, 0.6) is 5.75 Å². The number of hydrogen-bond acceptors (Lipinski definition) is 4. The fourth-order valence-corrected chi connectivity index (χ4v) is 1.58. The molecule has 0 bridgehead atoms. The zero-order valence-corrected chi connectivity index (χ0v) is 9.87. The zero-order chi connectivity index (χ0) is 13.9. The average molecular weight is 326 g/mol. The Hall–Kier alpha value is -1.86. The van der Waals surface area contributed by atoms with Gasteiger partial charge in [-0.3, -0.25) is 0 Å². The molecule has 1 aromatic carbocycles. The van der Waals surface area contributed by atoms with Gasteiger partial charge in [0.2, 0.25) is 6.08 Å². The van der Waals surface area contributed by atoms with Crippen LogP contribution in [0.25, 0.3) is 0 Å². The van der Waals surface area contributed by atoms with Gasteiger partial charge in [-0.05, 0) is 28.1 Å². The molecule has 1 N–H and O–H groups in total. The smallest absolute Gasteiger partial charge is 0.478 e. The SMILES string of the molecule is O=C=Nc1cc(C(=O)O)cc(Br)c1OC(F)(F)F. The highest BCUT2D eigenvalue weighted by molar-refractivity contribution is 9.10. The van der Waals surface area contributed by atoms with Gasteiger partial charge in [0, 0.05) is 0 Å². The first-order valence-corrected chi connectivity index (χ1v) is 4.94. The van der Waals surface area contributed by atoms with E-state index in [2.05, 4.69) is 25.7 Å². The molecule has 1 rings (SSSR count). The van der Waals surface area contributed by atoms with Gasteiger partial charge in [-0.1, -0.05) is 0 Å². The molecule has 0 saturated heterocycles. The van der Waals surface area contributed by atoms with Crippen LogP contribution in [-0.2, 0) is 4.79 Å². The van der Waals surface area contributed by atoms with E-state index in [1.165, 1.54) is 0 Å². The van der Waals surface area contributed by atoms with E-state index in [4.69, 9.17) is 5.11 Å². The van der Waals surface area contributed by atoms with Crippen LogP contribution in [0.1, 0.15) is 10.4 Å². The lowest BCUT2D eigenvalue weighted by molar-refractivity contribution is -0.274. The van der Waals surface area contributed by atoms with Crippen LogP contribution < -0.4 is 4.74 Å². The van der Waals surface area contributed by atoms with Crippen LogP contribution in [-0.4, -0.2) is 23.5 Å². The molecule has 0 spiro atoms. The van der Waals surface area contributed by atoms with Gasteiger partial charge in [0.05, 0.1) is 10.0 Å². The molecule has 18 heavy (non-hydrogen) atoms. The topological polar surface area (TPSA) is 76.0 Å². The molecule has 0 amide bonds. The fraction of sp³-hybridized carbons (Fsp3) is 0.111. The van der Waals surface area contributed by atoms with E-state index in [-0.39, 0.29) is 10.0 Å². The summed E-state index contributed by atoms with van der Waals surface area (Å²) in [6.07, 6.45) is -3.98. The van der Waals surface area contributed by atoms with Crippen molar-refractivity contribution < 1.29 is 32.6 Å². The number of ether oxygens (including phenoxy) is 1. The summed E-state index contributed by atoms with van der Waals surface area (Å²) in [7, 11) is 0. The summed E-state index contributed by atoms with van der Waals surface area (Å²) in [5.74, 6) is -2.20. The highest BCUT2D eigenvalue weighted by atomic mass is 79.9. The van der Waals surface area contributed by atoms with Gasteiger partial charge >= 0.3 is 12.3 Å². The second-order valence-electron chi connectivity index (χ2n) is 2.86. The van der Waals surface area contributed by atoms with Crippen molar-refractivity contribution in [3.05, 3.63) is 22.2 Å². The first kappa shape index (κ1) is 14.2. The summed E-state index contributed by atoms with van der Waals surface area (Å²) in [6, 6.07) is 1.66. The fourth-order valence-electron chi connectivity index (χ4n) is 1.05. The van der Waals surface area contributed by atoms with Crippen LogP contribution in [0.4, 0.5) is 18.9 Å². The van der Waals surface area contributed by atoms with E-state index < -0.39 is 23.8 Å². The van der Waals surface area contributed by atoms with Gasteiger partial charge in [0.15, 0.2) is 5.75 Å². The van der Waals surface area contributed by atoms with Gasteiger partial charge in [-0.25, -0.2) is 9.59 Å². The Morgan fingerprint density at radius 2 is 2.06 bits per heavy atom. The molecule has 0 aliphatic heterocycles. The van der Waals surface area contributed by atoms with E-state index >= 15 is 0 Å². The molecule has 0 atom stereocenters. The number of aromatic carboxylic acids is 1. The van der Waals surface area contributed by atoms with Gasteiger partial charge in [0.25, 0.3) is 0 Å². The molecule has 0 saturated carbocycles. The van der Waals surface area contributed by atoms with Crippen molar-refractivity contribution in [2.75, 3.05) is 0 Å². The zero-order valence-electron chi connectivity index (χ0n) is 8.29. The van der Waals surface area contributed by atoms with E-state index in [0.29, 0.717) is 0 Å². The van der Waals surface area contributed by atoms with Gasteiger partial charge in [-0.2, -0.15) is 4.99 Å². The predicted octanol–water partition coefficient (Wildman–Crippen LogP) is 3.01. The summed E-state index contributed by atoms with van der Waals surface area (Å²) < 4.78 is 39.6. The predicted molar refractivity (Wildman–Crippen MR) is 55.6 cm³/mol. The van der Waals surface area contributed by atoms with E-state index in [9.17, 15) is 22.8 Å². The highest BCUT2D eigenvalue weighted by Crippen LogP contribution is 2.39. The van der Waals surface area contributed by atoms with E-state index in [0.717, 1.165) is 18.2 Å². The molecule has 0 aliphatic carbocycles. The number of carboxylic acids is 1. The molecule has 0 heterocycles. The van der Waals surface area contributed by atoms with Gasteiger partial charge < -0.3 is 9.84 Å². The van der Waals surface area contributed by atoms with Crippen molar-refractivity contribution in [1.82, 2.24) is 0 Å². The van der Waals surface area contributed by atoms with Crippen molar-refractivity contribution in [1.29, 1.82) is 0 Å². The number of carbonyl (C=O) groups excluding carboxylic acids is 1. The first-order chi connectivity index (χ1) is 8.24. The second-order valence-corrected chi connectivity index (χ2v) is 3.72. The summed E-state index contributed by atoms with van der Waals surface area (Å²) in [6.45, 7) is 0. The minimum atomic E-state index is -5.00. The molecule has 1 aromatic rings. The molecular weight excluding hydrogens is 323 g/mol. The number of hydrogen-bond donors (Lipinski definition) is 1. The number of benzene rings is 1. The molecule has 9 heteroatoms. The molecule has 96 valence electrons. The summed E-state index contributed by atoms with van der Waals surface area (Å²) in [5.41, 5.74) is -0.945. The monoisotopic (exact) mass is 325 g/mol. The normalized spacial score (nSPS) is 10.7. The minimum Gasteiger partial charge on any atom is -0.478 e. The maximum atomic E-state index is 12.1. The third kappa shape index (κ3) is 3.57. The van der Waals surface area contributed by atoms with Crippen molar-refractivity contribution in [3.63, 3.8) is 0 Å². The number of aliphatic imine (C=N–C) groups is 1. The van der Waals surface area contributed by atoms with E-state index in [1.54, 1.807) is 0 Å². The Morgan fingerprint density at radius 1 is 1.44 bits per heavy atom. The lowest BCUT2D eigenvalue weighted by atomic mass is 10.2. The van der Waals surface area contributed by atoms with E-state index in [1.807, 2.05) is 0 Å². The van der Waals surface area contributed by atoms with Crippen LogP contribution >= 0.6 is 15.9 Å². The Kier molecular flexibility index (Phi) is 4.10. The summed E-state index contributed by atoms with van der Waals surface area (Å²) in [5, 5.41) is 8.70. The highest BCUT2D eigenvalue weighted by Gasteiger charge is 2.33. The van der Waals surface area contributed by atoms with Gasteiger partial charge in [0.1, 0.15) is 5.69 Å². The Morgan fingerprint density at radius 3 is 2.50 bits per heavy atom. The minimum absolute atomic E-state index is 0.297. The standard InChI is InChI=1S/C9H3BrF3NO4/c10-5-1-4(8(16)17)2-6(14-3-15)7(5)18-9(11,12)13/h1-2H,(H,16,17). The lowest BCUT2D eigenvalue weighted by Crippen LogP contribution is -2.17. The van der Waals surface area contributed by atoms with Crippen molar-refractivity contribution in [2.45, 2.75) is 6.36 Å². The molecular formula is C9H3BrF3NO4. The first-order valence-electron chi connectivity index (χ1n) is 4.15. The summed E-state index contributed by atoms with van der Waals surface area (Å²) >= 11 is 2.71. The van der Waals surface area contributed by atoms with Crippen LogP contribution in [0, 0.1) is 0 Å². The summed E-state index contributed by atoms with van der Waals surface area (Å²) in [4.78, 5) is 23.7. The van der Waals surface area contributed by atoms with Gasteiger partial charge in [-0.15, -0.1) is 13.2 Å². The van der Waals surface area contributed by atoms with Crippen LogP contribution in [0.2, 0.25) is 0 Å². The Balaban J connectivity index is 3.40. The average Bonchev–Trinajstić information content (AvgIpc) is 2.21. The molecule has 0 unspecified atom stereocenters. The third-order valence-electron chi connectivity index (χ3n) is 1.65. The quantitative estimate of drug-likeness (QED) is 0.684. The largest absolute Gasteiger partial charge is 0.573 e. The Bertz CT molecular complexity index is 537. The number of carbonyl (C=O) groups is 1. The molecule has 0 radical (unpaired) electrons. The number of isocyanates is 1. The Labute approximate surface area is 106 Å². The number of rotatable bonds is 3. The third-order valence-corrected chi connectivity index (χ3v) is 2.24. The maximum Gasteiger partial charge on any atom is 0.573 e. The molecule has 0 fully saturated rings. The van der Waals surface area contributed by atoms with Crippen molar-refractivity contribution in [2.24, 2.45) is 4.99 Å². The maximum absolute atomic E-state index is 12.1.